The lowest BCUT2D eigenvalue weighted by molar-refractivity contribution is -0.138. The molecule has 2 aromatic heterocycles. The lowest BCUT2D eigenvalue weighted by atomic mass is 9.95. The third-order valence-electron chi connectivity index (χ3n) is 4.20. The number of hydrogen-bond acceptors (Lipinski definition) is 4. The molecule has 1 fully saturated rings. The van der Waals surface area contributed by atoms with E-state index >= 15 is 0 Å². The highest BCUT2D eigenvalue weighted by Gasteiger charge is 2.34. The molecule has 1 aliphatic rings. The van der Waals surface area contributed by atoms with E-state index in [1.54, 1.807) is 6.20 Å². The molecule has 1 amide bonds. The number of carbonyl (C=O) groups is 1. The van der Waals surface area contributed by atoms with E-state index in [0.29, 0.717) is 24.6 Å². The molecule has 0 bridgehead atoms. The normalized spacial score (nSPS) is 18.0. The maximum absolute atomic E-state index is 12.4. The summed E-state index contributed by atoms with van der Waals surface area (Å²) in [5.74, 6) is 0.694. The van der Waals surface area contributed by atoms with Crippen LogP contribution >= 0.6 is 0 Å². The van der Waals surface area contributed by atoms with Crippen molar-refractivity contribution in [2.45, 2.75) is 33.1 Å². The third kappa shape index (κ3) is 3.37. The van der Waals surface area contributed by atoms with Crippen LogP contribution in [0, 0.1) is 5.41 Å². The largest absolute Gasteiger partial charge is 0.342 e. The molecule has 1 atom stereocenters. The van der Waals surface area contributed by atoms with Gasteiger partial charge in [0.2, 0.25) is 5.91 Å². The van der Waals surface area contributed by atoms with Gasteiger partial charge in [-0.25, -0.2) is 4.98 Å². The van der Waals surface area contributed by atoms with Crippen molar-refractivity contribution in [2.24, 2.45) is 5.41 Å². The van der Waals surface area contributed by atoms with E-state index in [1.807, 2.05) is 43.9 Å². The molecule has 0 unspecified atom stereocenters. The molecule has 6 nitrogen and oxygen atoms in total. The number of nitrogens with one attached hydrogen (secondary N) is 1. The molecule has 24 heavy (non-hydrogen) atoms. The van der Waals surface area contributed by atoms with Gasteiger partial charge < -0.3 is 9.88 Å². The van der Waals surface area contributed by atoms with Gasteiger partial charge in [-0.05, 0) is 18.6 Å². The summed E-state index contributed by atoms with van der Waals surface area (Å²) in [7, 11) is 0. The standard InChI is InChI=1S/C18H22N4O2/c1-18(2,3)17(24)22-9-7-12(11-22)14-10-15(23)21-16(20-14)13-6-4-5-8-19-13/h4-6,8,10,12H,7,9,11H2,1-3H3,(H,20,21,23)/t12-/m1/s1. The second-order valence-corrected chi connectivity index (χ2v) is 7.22. The van der Waals surface area contributed by atoms with Crippen LogP contribution in [0.5, 0.6) is 0 Å². The van der Waals surface area contributed by atoms with Crippen molar-refractivity contribution >= 4 is 5.91 Å². The number of carbonyl (C=O) groups excluding carboxylic acids is 1. The monoisotopic (exact) mass is 326 g/mol. The third-order valence-corrected chi connectivity index (χ3v) is 4.20. The number of aromatic nitrogens is 3. The van der Waals surface area contributed by atoms with Gasteiger partial charge in [0.25, 0.3) is 5.56 Å². The van der Waals surface area contributed by atoms with Gasteiger partial charge in [-0.15, -0.1) is 0 Å². The van der Waals surface area contributed by atoms with Gasteiger partial charge in [-0.2, -0.15) is 0 Å². The molecule has 3 heterocycles. The molecule has 126 valence electrons. The molecule has 1 aliphatic heterocycles. The highest BCUT2D eigenvalue weighted by atomic mass is 16.2. The Bertz CT molecular complexity index is 793. The molecule has 0 radical (unpaired) electrons. The summed E-state index contributed by atoms with van der Waals surface area (Å²) in [5, 5.41) is 0. The Kier molecular flexibility index (Phi) is 4.22. The Morgan fingerprint density at radius 1 is 1.33 bits per heavy atom. The first-order valence-corrected chi connectivity index (χ1v) is 8.16. The second kappa shape index (κ2) is 6.19. The molecule has 1 saturated heterocycles. The first-order valence-electron chi connectivity index (χ1n) is 8.16. The number of hydrogen-bond donors (Lipinski definition) is 1. The van der Waals surface area contributed by atoms with Crippen LogP contribution < -0.4 is 5.56 Å². The molecule has 1 N–H and O–H groups in total. The Labute approximate surface area is 141 Å². The number of pyridine rings is 1. The van der Waals surface area contributed by atoms with E-state index in [1.165, 1.54) is 6.07 Å². The summed E-state index contributed by atoms with van der Waals surface area (Å²) in [4.78, 5) is 37.9. The van der Waals surface area contributed by atoms with E-state index < -0.39 is 5.41 Å². The van der Waals surface area contributed by atoms with Crippen molar-refractivity contribution in [2.75, 3.05) is 13.1 Å². The fourth-order valence-electron chi connectivity index (χ4n) is 2.97. The number of amides is 1. The number of aromatic amines is 1. The first-order chi connectivity index (χ1) is 11.3. The van der Waals surface area contributed by atoms with E-state index in [4.69, 9.17) is 0 Å². The van der Waals surface area contributed by atoms with Gasteiger partial charge in [0, 0.05) is 36.7 Å². The van der Waals surface area contributed by atoms with Gasteiger partial charge in [-0.1, -0.05) is 26.8 Å². The van der Waals surface area contributed by atoms with E-state index in [0.717, 1.165) is 12.1 Å². The van der Waals surface area contributed by atoms with Crippen LogP contribution in [0.2, 0.25) is 0 Å². The van der Waals surface area contributed by atoms with E-state index in [-0.39, 0.29) is 17.4 Å². The van der Waals surface area contributed by atoms with Gasteiger partial charge in [0.05, 0.1) is 5.69 Å². The molecule has 0 saturated carbocycles. The Hall–Kier alpha value is -2.50. The van der Waals surface area contributed by atoms with E-state index in [2.05, 4.69) is 15.0 Å². The molecular formula is C18H22N4O2. The van der Waals surface area contributed by atoms with Crippen LogP contribution in [0.4, 0.5) is 0 Å². The van der Waals surface area contributed by atoms with Crippen LogP contribution in [0.25, 0.3) is 11.5 Å². The van der Waals surface area contributed by atoms with Crippen LogP contribution in [0.1, 0.15) is 38.8 Å². The first kappa shape index (κ1) is 16.4. The summed E-state index contributed by atoms with van der Waals surface area (Å²) >= 11 is 0. The topological polar surface area (TPSA) is 79.0 Å². The number of rotatable bonds is 2. The van der Waals surface area contributed by atoms with Crippen LogP contribution in [0.3, 0.4) is 0 Å². The van der Waals surface area contributed by atoms with Crippen LogP contribution in [0.15, 0.2) is 35.3 Å². The molecule has 2 aromatic rings. The van der Waals surface area contributed by atoms with Gasteiger partial charge >= 0.3 is 0 Å². The van der Waals surface area contributed by atoms with Crippen LogP contribution in [-0.4, -0.2) is 38.8 Å². The number of likely N-dealkylation sites (tertiary alicyclic amines) is 1. The second-order valence-electron chi connectivity index (χ2n) is 7.22. The Morgan fingerprint density at radius 3 is 2.79 bits per heavy atom. The number of nitrogens with zero attached hydrogens (tertiary/aromatic N) is 3. The van der Waals surface area contributed by atoms with Crippen molar-refractivity contribution in [3.05, 3.63) is 46.5 Å². The lowest BCUT2D eigenvalue weighted by Crippen LogP contribution is -2.37. The zero-order valence-electron chi connectivity index (χ0n) is 14.2. The predicted octanol–water partition coefficient (Wildman–Crippen LogP) is 2.19. The molecule has 3 rings (SSSR count). The molecule has 0 aliphatic carbocycles. The molecule has 0 aromatic carbocycles. The fourth-order valence-corrected chi connectivity index (χ4v) is 2.97. The lowest BCUT2D eigenvalue weighted by Gasteiger charge is -2.25. The molecule has 0 spiro atoms. The minimum Gasteiger partial charge on any atom is -0.342 e. The average molecular weight is 326 g/mol. The molecular weight excluding hydrogens is 304 g/mol. The summed E-state index contributed by atoms with van der Waals surface area (Å²) in [6.07, 6.45) is 2.49. The van der Waals surface area contributed by atoms with Crippen LogP contribution in [-0.2, 0) is 4.79 Å². The minimum absolute atomic E-state index is 0.0843. The summed E-state index contributed by atoms with van der Waals surface area (Å²) in [5.41, 5.74) is 0.775. The van der Waals surface area contributed by atoms with E-state index in [9.17, 15) is 9.59 Å². The minimum atomic E-state index is -0.393. The van der Waals surface area contributed by atoms with Gasteiger partial charge in [0.15, 0.2) is 5.82 Å². The van der Waals surface area contributed by atoms with Gasteiger partial charge in [0.1, 0.15) is 5.69 Å². The predicted molar refractivity (Wildman–Crippen MR) is 91.5 cm³/mol. The van der Waals surface area contributed by atoms with Crippen molar-refractivity contribution in [1.82, 2.24) is 19.9 Å². The van der Waals surface area contributed by atoms with Crippen molar-refractivity contribution < 1.29 is 4.79 Å². The maximum Gasteiger partial charge on any atom is 0.251 e. The van der Waals surface area contributed by atoms with Gasteiger partial charge in [-0.3, -0.25) is 14.6 Å². The molecule has 6 heteroatoms. The van der Waals surface area contributed by atoms with Crippen molar-refractivity contribution in [1.29, 1.82) is 0 Å². The highest BCUT2D eigenvalue weighted by molar-refractivity contribution is 5.81. The maximum atomic E-state index is 12.4. The van der Waals surface area contributed by atoms with Crippen molar-refractivity contribution in [3.8, 4) is 11.5 Å². The smallest absolute Gasteiger partial charge is 0.251 e. The Balaban J connectivity index is 1.85. The highest BCUT2D eigenvalue weighted by Crippen LogP contribution is 2.29. The van der Waals surface area contributed by atoms with Crippen molar-refractivity contribution in [3.63, 3.8) is 0 Å². The number of H-pyrrole nitrogens is 1. The summed E-state index contributed by atoms with van der Waals surface area (Å²) in [6.45, 7) is 7.08. The SMILES string of the molecule is CC(C)(C)C(=O)N1CC[C@@H](c2cc(=O)[nH]c(-c3ccccn3)n2)C1. The summed E-state index contributed by atoms with van der Waals surface area (Å²) in [6, 6.07) is 7.01. The Morgan fingerprint density at radius 2 is 2.12 bits per heavy atom. The average Bonchev–Trinajstić information content (AvgIpc) is 3.03. The zero-order valence-corrected chi connectivity index (χ0v) is 14.2. The summed E-state index contributed by atoms with van der Waals surface area (Å²) < 4.78 is 0. The quantitative estimate of drug-likeness (QED) is 0.917. The fraction of sp³-hybridized carbons (Fsp3) is 0.444. The zero-order chi connectivity index (χ0) is 17.3.